The monoisotopic (exact) mass is 247 g/mol. The van der Waals surface area contributed by atoms with Crippen molar-refractivity contribution in [1.29, 1.82) is 0 Å². The van der Waals surface area contributed by atoms with Crippen LogP contribution in [-0.4, -0.2) is 24.9 Å². The van der Waals surface area contributed by atoms with Crippen molar-refractivity contribution in [2.24, 2.45) is 0 Å². The maximum absolute atomic E-state index is 9.41. The summed E-state index contributed by atoms with van der Waals surface area (Å²) in [5.41, 5.74) is 0.933. The first-order valence-corrected chi connectivity index (χ1v) is 5.43. The van der Waals surface area contributed by atoms with E-state index >= 15 is 0 Å². The van der Waals surface area contributed by atoms with Crippen LogP contribution in [0.25, 0.3) is 0 Å². The zero-order valence-corrected chi connectivity index (χ0v) is 9.48. The summed E-state index contributed by atoms with van der Waals surface area (Å²) in [6, 6.07) is 3.50. The molecule has 0 aromatic heterocycles. The van der Waals surface area contributed by atoms with Gasteiger partial charge >= 0.3 is 0 Å². The lowest BCUT2D eigenvalue weighted by molar-refractivity contribution is 0.0769. The van der Waals surface area contributed by atoms with Crippen molar-refractivity contribution in [3.63, 3.8) is 0 Å². The average Bonchev–Trinajstić information content (AvgIpc) is 2.26. The Morgan fingerprint density at radius 2 is 2.00 bits per heavy atom. The van der Waals surface area contributed by atoms with Gasteiger partial charge in [-0.2, -0.15) is 0 Å². The third kappa shape index (κ3) is 2.37. The van der Waals surface area contributed by atoms with E-state index in [1.807, 2.05) is 0 Å². The lowest BCUT2D eigenvalue weighted by Gasteiger charge is -2.24. The Labute approximate surface area is 97.9 Å². The van der Waals surface area contributed by atoms with Gasteiger partial charge in [0.2, 0.25) is 0 Å². The molecule has 5 heteroatoms. The molecule has 15 heavy (non-hydrogen) atoms. The second-order valence-corrected chi connectivity index (χ2v) is 4.23. The van der Waals surface area contributed by atoms with Gasteiger partial charge in [-0.15, -0.1) is 0 Å². The third-order valence-corrected chi connectivity index (χ3v) is 2.94. The molecule has 1 fully saturated rings. The molecule has 82 valence electrons. The van der Waals surface area contributed by atoms with E-state index in [0.29, 0.717) is 6.61 Å². The number of morpholine rings is 1. The molecule has 1 heterocycles. The standard InChI is InChI=1S/C10H11Cl2NO2/c11-7-3-6(4-8(12)10(7)14)9-5-15-2-1-13-9/h3-4,9,13-14H,1-2,5H2/t9-/m1/s1. The number of hydrogen-bond donors (Lipinski definition) is 2. The summed E-state index contributed by atoms with van der Waals surface area (Å²) in [7, 11) is 0. The van der Waals surface area contributed by atoms with Crippen LogP contribution in [0.15, 0.2) is 12.1 Å². The molecule has 0 unspecified atom stereocenters. The Kier molecular flexibility index (Phi) is 3.36. The molecule has 1 aromatic carbocycles. The van der Waals surface area contributed by atoms with Gasteiger partial charge in [-0.3, -0.25) is 0 Å². The zero-order valence-electron chi connectivity index (χ0n) is 7.96. The minimum atomic E-state index is -0.0705. The van der Waals surface area contributed by atoms with Crippen molar-refractivity contribution in [1.82, 2.24) is 5.32 Å². The highest BCUT2D eigenvalue weighted by Gasteiger charge is 2.17. The first-order chi connectivity index (χ1) is 7.18. The van der Waals surface area contributed by atoms with Crippen LogP contribution in [0.2, 0.25) is 10.0 Å². The maximum Gasteiger partial charge on any atom is 0.152 e. The molecule has 0 radical (unpaired) electrons. The number of phenolic OH excluding ortho intramolecular Hbond substituents is 1. The van der Waals surface area contributed by atoms with Crippen molar-refractivity contribution in [2.45, 2.75) is 6.04 Å². The fraction of sp³-hybridized carbons (Fsp3) is 0.400. The number of halogens is 2. The Balaban J connectivity index is 2.27. The van der Waals surface area contributed by atoms with E-state index in [4.69, 9.17) is 27.9 Å². The van der Waals surface area contributed by atoms with Crippen molar-refractivity contribution in [2.75, 3.05) is 19.8 Å². The molecule has 2 rings (SSSR count). The van der Waals surface area contributed by atoms with Crippen molar-refractivity contribution in [3.8, 4) is 5.75 Å². The van der Waals surface area contributed by atoms with Gasteiger partial charge in [0.05, 0.1) is 29.3 Å². The molecule has 3 nitrogen and oxygen atoms in total. The SMILES string of the molecule is Oc1c(Cl)cc([C@H]2COCCN2)cc1Cl. The molecule has 0 aliphatic carbocycles. The lowest BCUT2D eigenvalue weighted by Crippen LogP contribution is -2.34. The van der Waals surface area contributed by atoms with Gasteiger partial charge < -0.3 is 15.2 Å². The van der Waals surface area contributed by atoms with Crippen LogP contribution in [0, 0.1) is 0 Å². The van der Waals surface area contributed by atoms with Crippen LogP contribution in [0.4, 0.5) is 0 Å². The number of aromatic hydroxyl groups is 1. The molecule has 0 saturated carbocycles. The fourth-order valence-electron chi connectivity index (χ4n) is 1.57. The Morgan fingerprint density at radius 1 is 1.33 bits per heavy atom. The average molecular weight is 248 g/mol. The molecular formula is C10H11Cl2NO2. The smallest absolute Gasteiger partial charge is 0.152 e. The van der Waals surface area contributed by atoms with Crippen molar-refractivity contribution >= 4 is 23.2 Å². The molecule has 1 atom stereocenters. The summed E-state index contributed by atoms with van der Waals surface area (Å²) in [5, 5.41) is 13.2. The van der Waals surface area contributed by atoms with E-state index in [0.717, 1.165) is 18.7 Å². The highest BCUT2D eigenvalue weighted by atomic mass is 35.5. The van der Waals surface area contributed by atoms with Crippen LogP contribution in [0.5, 0.6) is 5.75 Å². The van der Waals surface area contributed by atoms with E-state index in [1.165, 1.54) is 0 Å². The van der Waals surface area contributed by atoms with Gasteiger partial charge in [-0.25, -0.2) is 0 Å². The quantitative estimate of drug-likeness (QED) is 0.801. The predicted octanol–water partition coefficient (Wildman–Crippen LogP) is 2.36. The molecular weight excluding hydrogens is 237 g/mol. The van der Waals surface area contributed by atoms with Crippen LogP contribution in [0.1, 0.15) is 11.6 Å². The normalized spacial score (nSPS) is 21.6. The largest absolute Gasteiger partial charge is 0.505 e. The summed E-state index contributed by atoms with van der Waals surface area (Å²) in [4.78, 5) is 0. The lowest BCUT2D eigenvalue weighted by atomic mass is 10.1. The van der Waals surface area contributed by atoms with Crippen LogP contribution in [-0.2, 0) is 4.74 Å². The predicted molar refractivity (Wildman–Crippen MR) is 59.7 cm³/mol. The molecule has 0 amide bonds. The van der Waals surface area contributed by atoms with Gasteiger partial charge in [0, 0.05) is 6.54 Å². The molecule has 1 aliphatic rings. The van der Waals surface area contributed by atoms with Gasteiger partial charge in [-0.05, 0) is 17.7 Å². The number of phenols is 1. The van der Waals surface area contributed by atoms with E-state index in [1.54, 1.807) is 12.1 Å². The topological polar surface area (TPSA) is 41.5 Å². The number of hydrogen-bond acceptors (Lipinski definition) is 3. The fourth-order valence-corrected chi connectivity index (χ4v) is 2.07. The number of ether oxygens (including phenoxy) is 1. The Morgan fingerprint density at radius 3 is 2.53 bits per heavy atom. The van der Waals surface area contributed by atoms with Crippen LogP contribution in [0.3, 0.4) is 0 Å². The number of rotatable bonds is 1. The second kappa shape index (κ2) is 4.58. The molecule has 1 aromatic rings. The minimum Gasteiger partial charge on any atom is -0.505 e. The van der Waals surface area contributed by atoms with Gasteiger partial charge in [0.25, 0.3) is 0 Å². The van der Waals surface area contributed by atoms with E-state index in [-0.39, 0.29) is 21.8 Å². The summed E-state index contributed by atoms with van der Waals surface area (Å²) in [6.07, 6.45) is 0. The molecule has 2 N–H and O–H groups in total. The maximum atomic E-state index is 9.41. The second-order valence-electron chi connectivity index (χ2n) is 3.41. The first kappa shape index (κ1) is 11.0. The Bertz CT molecular complexity index is 341. The van der Waals surface area contributed by atoms with Crippen LogP contribution >= 0.6 is 23.2 Å². The van der Waals surface area contributed by atoms with Crippen molar-refractivity contribution in [3.05, 3.63) is 27.7 Å². The summed E-state index contributed by atoms with van der Waals surface area (Å²) < 4.78 is 5.34. The van der Waals surface area contributed by atoms with Crippen molar-refractivity contribution < 1.29 is 9.84 Å². The van der Waals surface area contributed by atoms with Gasteiger partial charge in [-0.1, -0.05) is 23.2 Å². The number of benzene rings is 1. The summed E-state index contributed by atoms with van der Waals surface area (Å²) >= 11 is 11.7. The third-order valence-electron chi connectivity index (χ3n) is 2.36. The highest BCUT2D eigenvalue weighted by molar-refractivity contribution is 6.37. The van der Waals surface area contributed by atoms with E-state index in [2.05, 4.69) is 5.32 Å². The van der Waals surface area contributed by atoms with Crippen LogP contribution < -0.4 is 5.32 Å². The first-order valence-electron chi connectivity index (χ1n) is 4.67. The number of nitrogens with one attached hydrogen (secondary N) is 1. The molecule has 0 bridgehead atoms. The summed E-state index contributed by atoms with van der Waals surface area (Å²) in [6.45, 7) is 2.12. The van der Waals surface area contributed by atoms with Gasteiger partial charge in [0.15, 0.2) is 5.75 Å². The van der Waals surface area contributed by atoms with Gasteiger partial charge in [0.1, 0.15) is 0 Å². The minimum absolute atomic E-state index is 0.0705. The Hall–Kier alpha value is -0.480. The van der Waals surface area contributed by atoms with E-state index < -0.39 is 0 Å². The molecule has 1 aliphatic heterocycles. The highest BCUT2D eigenvalue weighted by Crippen LogP contribution is 2.34. The van der Waals surface area contributed by atoms with E-state index in [9.17, 15) is 5.11 Å². The molecule has 0 spiro atoms. The zero-order chi connectivity index (χ0) is 10.8. The molecule has 1 saturated heterocycles. The summed E-state index contributed by atoms with van der Waals surface area (Å²) in [5.74, 6) is -0.0705.